The molecule has 0 unspecified atom stereocenters. The minimum atomic E-state index is -0.564. The maximum Gasteiger partial charge on any atom is 0.337 e. The van der Waals surface area contributed by atoms with Gasteiger partial charge in [-0.2, -0.15) is 0 Å². The third-order valence-electron chi connectivity index (χ3n) is 4.88. The minimum absolute atomic E-state index is 0.0242. The first-order valence-electron chi connectivity index (χ1n) is 10.9. The molecule has 3 rings (SSSR count). The van der Waals surface area contributed by atoms with Crippen molar-refractivity contribution in [3.63, 3.8) is 0 Å². The van der Waals surface area contributed by atoms with Gasteiger partial charge in [0.15, 0.2) is 5.75 Å². The number of carbonyl (C=O) groups excluding carboxylic acids is 2. The number of hydrogen-bond acceptors (Lipinski definition) is 7. The molecule has 1 amide bonds. The van der Waals surface area contributed by atoms with E-state index in [1.807, 2.05) is 44.2 Å². The average Bonchev–Trinajstić information content (AvgIpc) is 2.86. The van der Waals surface area contributed by atoms with Gasteiger partial charge < -0.3 is 19.5 Å². The van der Waals surface area contributed by atoms with Crippen molar-refractivity contribution in [2.75, 3.05) is 19.0 Å². The van der Waals surface area contributed by atoms with Crippen molar-refractivity contribution in [1.29, 1.82) is 0 Å². The highest BCUT2D eigenvalue weighted by atomic mass is 16.6. The van der Waals surface area contributed by atoms with Crippen molar-refractivity contribution >= 4 is 23.3 Å². The first kappa shape index (κ1) is 25.2. The van der Waals surface area contributed by atoms with E-state index in [0.29, 0.717) is 18.0 Å². The van der Waals surface area contributed by atoms with Gasteiger partial charge in [-0.25, -0.2) is 4.79 Å². The lowest BCUT2D eigenvalue weighted by molar-refractivity contribution is -0.385. The number of anilines is 1. The maximum absolute atomic E-state index is 13.0. The van der Waals surface area contributed by atoms with Crippen molar-refractivity contribution in [1.82, 2.24) is 0 Å². The Morgan fingerprint density at radius 2 is 1.63 bits per heavy atom. The van der Waals surface area contributed by atoms with Crippen molar-refractivity contribution < 1.29 is 28.7 Å². The second-order valence-corrected chi connectivity index (χ2v) is 8.08. The van der Waals surface area contributed by atoms with Crippen LogP contribution in [0.15, 0.2) is 66.7 Å². The summed E-state index contributed by atoms with van der Waals surface area (Å²) in [5.74, 6) is -0.571. The van der Waals surface area contributed by atoms with Crippen LogP contribution in [0, 0.1) is 16.0 Å². The lowest BCUT2D eigenvalue weighted by atomic mass is 10.1. The molecule has 0 aromatic heterocycles. The number of amides is 1. The van der Waals surface area contributed by atoms with Gasteiger partial charge in [0, 0.05) is 17.7 Å². The van der Waals surface area contributed by atoms with Gasteiger partial charge in [-0.1, -0.05) is 44.2 Å². The predicted octanol–water partition coefficient (Wildman–Crippen LogP) is 5.25. The van der Waals surface area contributed by atoms with Crippen molar-refractivity contribution in [2.24, 2.45) is 5.92 Å². The molecule has 0 aliphatic carbocycles. The van der Waals surface area contributed by atoms with E-state index in [1.165, 1.54) is 43.5 Å². The average molecular weight is 479 g/mol. The number of hydrogen-bond donors (Lipinski definition) is 1. The summed E-state index contributed by atoms with van der Waals surface area (Å²) in [4.78, 5) is 35.8. The van der Waals surface area contributed by atoms with Crippen LogP contribution in [0.4, 0.5) is 11.4 Å². The Hall–Kier alpha value is -4.40. The molecule has 35 heavy (non-hydrogen) atoms. The molecular weight excluding hydrogens is 452 g/mol. The summed E-state index contributed by atoms with van der Waals surface area (Å²) in [5, 5.41) is 14.2. The zero-order valence-corrected chi connectivity index (χ0v) is 19.6. The van der Waals surface area contributed by atoms with Crippen LogP contribution in [0.3, 0.4) is 0 Å². The van der Waals surface area contributed by atoms with Crippen LogP contribution in [0.25, 0.3) is 0 Å². The Kier molecular flexibility index (Phi) is 8.39. The fourth-order valence-corrected chi connectivity index (χ4v) is 3.10. The summed E-state index contributed by atoms with van der Waals surface area (Å²) in [7, 11) is 1.28. The number of ether oxygens (including phenoxy) is 3. The number of nitro benzene ring substituents is 1. The summed E-state index contributed by atoms with van der Waals surface area (Å²) in [6, 6.07) is 17.6. The third kappa shape index (κ3) is 6.80. The van der Waals surface area contributed by atoms with Crippen LogP contribution >= 0.6 is 0 Å². The minimum Gasteiger partial charge on any atom is -0.491 e. The van der Waals surface area contributed by atoms with Gasteiger partial charge in [0.1, 0.15) is 12.4 Å². The molecule has 0 saturated carbocycles. The highest BCUT2D eigenvalue weighted by Gasteiger charge is 2.20. The molecule has 3 aromatic rings. The molecule has 0 fully saturated rings. The largest absolute Gasteiger partial charge is 0.491 e. The molecule has 3 aromatic carbocycles. The molecule has 182 valence electrons. The fourth-order valence-electron chi connectivity index (χ4n) is 3.10. The van der Waals surface area contributed by atoms with Crippen LogP contribution in [-0.2, 0) is 11.3 Å². The zero-order valence-electron chi connectivity index (χ0n) is 19.6. The predicted molar refractivity (Wildman–Crippen MR) is 130 cm³/mol. The Morgan fingerprint density at radius 1 is 0.943 bits per heavy atom. The number of methoxy groups -OCH3 is 1. The smallest absolute Gasteiger partial charge is 0.337 e. The number of benzene rings is 3. The molecule has 0 atom stereocenters. The lowest BCUT2D eigenvalue weighted by Crippen LogP contribution is -2.15. The number of esters is 1. The van der Waals surface area contributed by atoms with E-state index in [4.69, 9.17) is 14.2 Å². The van der Waals surface area contributed by atoms with E-state index >= 15 is 0 Å². The molecule has 0 aliphatic rings. The quantitative estimate of drug-likeness (QED) is 0.240. The van der Waals surface area contributed by atoms with E-state index in [-0.39, 0.29) is 35.1 Å². The Bertz CT molecular complexity index is 1210. The SMILES string of the molecule is COC(=O)c1ccc(NC(=O)c2ccc([N+](=O)[O-])c(OCc3ccccc3)c2)c(OCC(C)C)c1. The van der Waals surface area contributed by atoms with E-state index in [1.54, 1.807) is 0 Å². The maximum atomic E-state index is 13.0. The topological polar surface area (TPSA) is 117 Å². The van der Waals surface area contributed by atoms with Crippen LogP contribution in [-0.4, -0.2) is 30.5 Å². The van der Waals surface area contributed by atoms with Crippen molar-refractivity contribution in [2.45, 2.75) is 20.5 Å². The van der Waals surface area contributed by atoms with Gasteiger partial charge in [-0.15, -0.1) is 0 Å². The normalized spacial score (nSPS) is 10.5. The Morgan fingerprint density at radius 3 is 2.29 bits per heavy atom. The molecule has 0 radical (unpaired) electrons. The second kappa shape index (κ2) is 11.6. The molecule has 9 heteroatoms. The van der Waals surface area contributed by atoms with E-state index in [0.717, 1.165) is 5.56 Å². The van der Waals surface area contributed by atoms with Gasteiger partial charge in [-0.3, -0.25) is 14.9 Å². The van der Waals surface area contributed by atoms with Gasteiger partial charge in [-0.05, 0) is 35.7 Å². The number of nitrogens with zero attached hydrogens (tertiary/aromatic N) is 1. The van der Waals surface area contributed by atoms with Gasteiger partial charge >= 0.3 is 11.7 Å². The van der Waals surface area contributed by atoms with E-state index < -0.39 is 16.8 Å². The molecule has 0 heterocycles. The van der Waals surface area contributed by atoms with Crippen molar-refractivity contribution in [3.8, 4) is 11.5 Å². The first-order chi connectivity index (χ1) is 16.8. The summed E-state index contributed by atoms with van der Waals surface area (Å²) in [6.45, 7) is 4.41. The van der Waals surface area contributed by atoms with Gasteiger partial charge in [0.05, 0.1) is 29.9 Å². The number of rotatable bonds is 10. The molecule has 0 saturated heterocycles. The molecule has 0 bridgehead atoms. The monoisotopic (exact) mass is 478 g/mol. The second-order valence-electron chi connectivity index (χ2n) is 8.08. The molecule has 0 spiro atoms. The van der Waals surface area contributed by atoms with Crippen LogP contribution in [0.1, 0.15) is 40.1 Å². The first-order valence-corrected chi connectivity index (χ1v) is 10.9. The Labute approximate surface area is 202 Å². The lowest BCUT2D eigenvalue weighted by Gasteiger charge is -2.15. The molecule has 1 N–H and O–H groups in total. The summed E-state index contributed by atoms with van der Waals surface area (Å²) < 4.78 is 16.2. The van der Waals surface area contributed by atoms with E-state index in [2.05, 4.69) is 5.32 Å². The van der Waals surface area contributed by atoms with Crippen LogP contribution in [0.2, 0.25) is 0 Å². The molecular formula is C26H26N2O7. The van der Waals surface area contributed by atoms with Crippen LogP contribution in [0.5, 0.6) is 11.5 Å². The van der Waals surface area contributed by atoms with Gasteiger partial charge in [0.2, 0.25) is 0 Å². The zero-order chi connectivity index (χ0) is 25.4. The molecule has 9 nitrogen and oxygen atoms in total. The highest BCUT2D eigenvalue weighted by molar-refractivity contribution is 6.06. The number of carbonyl (C=O) groups is 2. The third-order valence-corrected chi connectivity index (χ3v) is 4.88. The summed E-state index contributed by atoms with van der Waals surface area (Å²) >= 11 is 0. The Balaban J connectivity index is 1.85. The fraction of sp³-hybridized carbons (Fsp3) is 0.231. The summed E-state index contributed by atoms with van der Waals surface area (Å²) in [5.41, 5.74) is 1.35. The molecule has 0 aliphatic heterocycles. The highest BCUT2D eigenvalue weighted by Crippen LogP contribution is 2.31. The number of nitrogens with one attached hydrogen (secondary N) is 1. The summed E-state index contributed by atoms with van der Waals surface area (Å²) in [6.07, 6.45) is 0. The van der Waals surface area contributed by atoms with E-state index in [9.17, 15) is 19.7 Å². The van der Waals surface area contributed by atoms with Crippen molar-refractivity contribution in [3.05, 3.63) is 93.5 Å². The standard InChI is InChI=1S/C26H26N2O7/c1-17(2)15-34-23-14-20(26(30)33-3)9-11-21(23)27-25(29)19-10-12-22(28(31)32)24(13-19)35-16-18-7-5-4-6-8-18/h4-14,17H,15-16H2,1-3H3,(H,27,29). The number of nitro groups is 1. The van der Waals surface area contributed by atoms with Gasteiger partial charge in [0.25, 0.3) is 5.91 Å². The van der Waals surface area contributed by atoms with Crippen LogP contribution < -0.4 is 14.8 Å².